The van der Waals surface area contributed by atoms with E-state index in [0.717, 1.165) is 27.6 Å². The van der Waals surface area contributed by atoms with Gasteiger partial charge in [-0.15, -0.1) is 0 Å². The number of carbonyl (C=O) groups is 1. The van der Waals surface area contributed by atoms with E-state index in [-0.39, 0.29) is 17.3 Å². The molecule has 1 aliphatic rings. The van der Waals surface area contributed by atoms with E-state index in [2.05, 4.69) is 4.98 Å². The van der Waals surface area contributed by atoms with Gasteiger partial charge in [0.25, 0.3) is 0 Å². The lowest BCUT2D eigenvalue weighted by Crippen LogP contribution is -2.33. The Kier molecular flexibility index (Phi) is 4.96. The van der Waals surface area contributed by atoms with E-state index in [0.29, 0.717) is 18.9 Å². The topological polar surface area (TPSA) is 87.3 Å². The van der Waals surface area contributed by atoms with Crippen LogP contribution in [0.25, 0.3) is 11.4 Å². The molecule has 7 heteroatoms. The number of nitrogens with zero attached hydrogens (tertiary/aromatic N) is 2. The molecule has 2 heterocycles. The van der Waals surface area contributed by atoms with Gasteiger partial charge in [0.1, 0.15) is 10.8 Å². The maximum Gasteiger partial charge on any atom is 0.227 e. The summed E-state index contributed by atoms with van der Waals surface area (Å²) in [5, 5.41) is 0.747. The highest BCUT2D eigenvalue weighted by Crippen LogP contribution is 2.34. The lowest BCUT2D eigenvalue weighted by Gasteiger charge is -2.32. The summed E-state index contributed by atoms with van der Waals surface area (Å²) >= 11 is 1.33. The van der Waals surface area contributed by atoms with Crippen LogP contribution < -0.4 is 10.5 Å². The number of aromatic nitrogens is 2. The number of ether oxygens (including phenoxy) is 2. The zero-order valence-corrected chi connectivity index (χ0v) is 15.4. The number of benzene rings is 1. The van der Waals surface area contributed by atoms with Crippen LogP contribution in [0, 0.1) is 0 Å². The van der Waals surface area contributed by atoms with Crippen molar-refractivity contribution >= 4 is 17.7 Å². The fourth-order valence-corrected chi connectivity index (χ4v) is 3.45. The van der Waals surface area contributed by atoms with E-state index in [4.69, 9.17) is 20.2 Å². The molecule has 1 aromatic carbocycles. The second kappa shape index (κ2) is 7.01. The van der Waals surface area contributed by atoms with E-state index in [9.17, 15) is 4.79 Å². The smallest absolute Gasteiger partial charge is 0.227 e. The van der Waals surface area contributed by atoms with Crippen molar-refractivity contribution in [2.24, 2.45) is 5.73 Å². The Hall–Kier alpha value is -2.12. The monoisotopic (exact) mass is 359 g/mol. The van der Waals surface area contributed by atoms with Crippen molar-refractivity contribution in [3.8, 4) is 17.1 Å². The summed E-state index contributed by atoms with van der Waals surface area (Å²) in [6.07, 6.45) is 0.686. The normalized spacial score (nSPS) is 15.5. The van der Waals surface area contributed by atoms with Crippen LogP contribution in [0.5, 0.6) is 5.75 Å². The minimum Gasteiger partial charge on any atom is -0.497 e. The zero-order valence-electron chi connectivity index (χ0n) is 14.5. The first-order valence-electron chi connectivity index (χ1n) is 7.97. The number of hydrogen-bond acceptors (Lipinski definition) is 6. The maximum atomic E-state index is 11.2. The van der Waals surface area contributed by atoms with Gasteiger partial charge in [0, 0.05) is 17.5 Å². The lowest BCUT2D eigenvalue weighted by atomic mass is 9.96. The van der Waals surface area contributed by atoms with Gasteiger partial charge in [-0.1, -0.05) is 23.9 Å². The molecule has 132 valence electrons. The highest BCUT2D eigenvalue weighted by atomic mass is 32.2. The molecule has 3 rings (SSSR count). The Bertz CT molecular complexity index is 808. The van der Waals surface area contributed by atoms with Crippen molar-refractivity contribution in [1.29, 1.82) is 0 Å². The van der Waals surface area contributed by atoms with Gasteiger partial charge >= 0.3 is 0 Å². The number of amides is 1. The fourth-order valence-electron chi connectivity index (χ4n) is 2.67. The summed E-state index contributed by atoms with van der Waals surface area (Å²) < 4.78 is 11.2. The number of nitrogens with two attached hydrogens (primary N) is 1. The highest BCUT2D eigenvalue weighted by Gasteiger charge is 2.30. The quantitative estimate of drug-likeness (QED) is 0.652. The van der Waals surface area contributed by atoms with E-state index in [1.807, 2.05) is 38.1 Å². The third kappa shape index (κ3) is 4.11. The molecule has 0 saturated carbocycles. The molecule has 0 atom stereocenters. The zero-order chi connectivity index (χ0) is 18.0. The molecular formula is C18H21N3O3S. The number of rotatable bonds is 5. The summed E-state index contributed by atoms with van der Waals surface area (Å²) in [6.45, 7) is 4.51. The Morgan fingerprint density at radius 2 is 2.20 bits per heavy atom. The van der Waals surface area contributed by atoms with Crippen LogP contribution in [0.4, 0.5) is 0 Å². The van der Waals surface area contributed by atoms with Crippen LogP contribution in [0.15, 0.2) is 29.3 Å². The number of methoxy groups -OCH3 is 1. The third-order valence-corrected chi connectivity index (χ3v) is 4.97. The van der Waals surface area contributed by atoms with Gasteiger partial charge in [0.2, 0.25) is 5.91 Å². The fraction of sp³-hybridized carbons (Fsp3) is 0.389. The van der Waals surface area contributed by atoms with Crippen LogP contribution in [-0.4, -0.2) is 34.3 Å². The predicted molar refractivity (Wildman–Crippen MR) is 96.5 cm³/mol. The molecule has 1 aliphatic heterocycles. The van der Waals surface area contributed by atoms with Crippen LogP contribution >= 0.6 is 11.8 Å². The standard InChI is InChI=1S/C18H21N3O3S/c1-18(2)8-14-13(9-24-18)17(25-10-15(19)22)21-16(20-14)11-5-4-6-12(7-11)23-3/h4-7H,8-10H2,1-3H3,(H2,19,22). The largest absolute Gasteiger partial charge is 0.497 e. The van der Waals surface area contributed by atoms with Crippen LogP contribution in [0.3, 0.4) is 0 Å². The molecule has 0 radical (unpaired) electrons. The third-order valence-electron chi connectivity index (χ3n) is 3.93. The molecule has 0 fully saturated rings. The van der Waals surface area contributed by atoms with Crippen molar-refractivity contribution < 1.29 is 14.3 Å². The SMILES string of the molecule is COc1cccc(-c2nc3c(c(SCC(N)=O)n2)COC(C)(C)C3)c1. The Morgan fingerprint density at radius 3 is 2.92 bits per heavy atom. The molecule has 2 aromatic rings. The van der Waals surface area contributed by atoms with Crippen molar-refractivity contribution in [3.63, 3.8) is 0 Å². The van der Waals surface area contributed by atoms with Gasteiger partial charge in [-0.25, -0.2) is 9.97 Å². The molecule has 0 aliphatic carbocycles. The summed E-state index contributed by atoms with van der Waals surface area (Å²) in [4.78, 5) is 20.6. The molecule has 0 saturated heterocycles. The van der Waals surface area contributed by atoms with Crippen molar-refractivity contribution in [2.75, 3.05) is 12.9 Å². The Balaban J connectivity index is 2.06. The number of thioether (sulfide) groups is 1. The molecular weight excluding hydrogens is 338 g/mol. The molecule has 0 bridgehead atoms. The first-order valence-corrected chi connectivity index (χ1v) is 8.96. The van der Waals surface area contributed by atoms with Crippen LogP contribution in [0.1, 0.15) is 25.1 Å². The second-order valence-corrected chi connectivity index (χ2v) is 7.45. The van der Waals surface area contributed by atoms with Gasteiger partial charge < -0.3 is 15.2 Å². The summed E-state index contributed by atoms with van der Waals surface area (Å²) in [5.74, 6) is 1.15. The molecule has 0 spiro atoms. The molecule has 0 unspecified atom stereocenters. The van der Waals surface area contributed by atoms with Gasteiger partial charge in [0.15, 0.2) is 5.82 Å². The number of fused-ring (bicyclic) bond motifs is 1. The minimum absolute atomic E-state index is 0.171. The van der Waals surface area contributed by atoms with Gasteiger partial charge in [-0.3, -0.25) is 4.79 Å². The summed E-state index contributed by atoms with van der Waals surface area (Å²) in [6, 6.07) is 7.62. The number of carbonyl (C=O) groups excluding carboxylic acids is 1. The molecule has 2 N–H and O–H groups in total. The summed E-state index contributed by atoms with van der Waals surface area (Å²) in [7, 11) is 1.63. The Morgan fingerprint density at radius 1 is 1.40 bits per heavy atom. The molecule has 1 aromatic heterocycles. The maximum absolute atomic E-state index is 11.2. The average Bonchev–Trinajstić information content (AvgIpc) is 2.58. The van der Waals surface area contributed by atoms with Crippen molar-refractivity contribution in [1.82, 2.24) is 9.97 Å². The Labute approximate surface area is 151 Å². The predicted octanol–water partition coefficient (Wildman–Crippen LogP) is 2.58. The van der Waals surface area contributed by atoms with Gasteiger partial charge in [0.05, 0.1) is 30.8 Å². The van der Waals surface area contributed by atoms with Gasteiger partial charge in [-0.05, 0) is 26.0 Å². The first-order chi connectivity index (χ1) is 11.9. The molecule has 6 nitrogen and oxygen atoms in total. The number of hydrogen-bond donors (Lipinski definition) is 1. The average molecular weight is 359 g/mol. The lowest BCUT2D eigenvalue weighted by molar-refractivity contribution is -0.115. The van der Waals surface area contributed by atoms with E-state index < -0.39 is 0 Å². The summed E-state index contributed by atoms with van der Waals surface area (Å²) in [5.41, 5.74) is 7.78. The van der Waals surface area contributed by atoms with Crippen LogP contribution in [-0.2, 0) is 22.6 Å². The van der Waals surface area contributed by atoms with Crippen molar-refractivity contribution in [3.05, 3.63) is 35.5 Å². The highest BCUT2D eigenvalue weighted by molar-refractivity contribution is 7.99. The first kappa shape index (κ1) is 17.7. The molecule has 25 heavy (non-hydrogen) atoms. The van der Waals surface area contributed by atoms with E-state index in [1.54, 1.807) is 7.11 Å². The number of primary amides is 1. The van der Waals surface area contributed by atoms with E-state index >= 15 is 0 Å². The van der Waals surface area contributed by atoms with E-state index in [1.165, 1.54) is 11.8 Å². The van der Waals surface area contributed by atoms with Gasteiger partial charge in [-0.2, -0.15) is 0 Å². The second-order valence-electron chi connectivity index (χ2n) is 6.49. The van der Waals surface area contributed by atoms with Crippen molar-refractivity contribution in [2.45, 2.75) is 37.5 Å². The molecule has 1 amide bonds. The minimum atomic E-state index is -0.377. The van der Waals surface area contributed by atoms with Crippen LogP contribution in [0.2, 0.25) is 0 Å².